The van der Waals surface area contributed by atoms with Gasteiger partial charge in [0, 0.05) is 25.2 Å². The molecule has 0 unspecified atom stereocenters. The smallest absolute Gasteiger partial charge is 0.323 e. The van der Waals surface area contributed by atoms with Crippen LogP contribution in [-0.4, -0.2) is 47.7 Å². The van der Waals surface area contributed by atoms with Crippen molar-refractivity contribution in [1.29, 1.82) is 0 Å². The lowest BCUT2D eigenvalue weighted by atomic mass is 9.97. The first-order chi connectivity index (χ1) is 11.5. The number of aryl methyl sites for hydroxylation is 1. The Morgan fingerprint density at radius 1 is 1.33 bits per heavy atom. The maximum Gasteiger partial charge on any atom is 0.323 e. The molecule has 0 aromatic heterocycles. The van der Waals surface area contributed by atoms with Crippen LogP contribution in [-0.2, 0) is 20.7 Å². The SMILES string of the molecule is C[C@@H](CCc1ccccc1F)C(=O)N(CC(=O)O)C1CCOCC1. The molecule has 1 aromatic carbocycles. The van der Waals surface area contributed by atoms with Crippen LogP contribution < -0.4 is 0 Å². The maximum absolute atomic E-state index is 13.7. The second-order valence-electron chi connectivity index (χ2n) is 6.23. The molecule has 1 aromatic rings. The van der Waals surface area contributed by atoms with E-state index in [1.54, 1.807) is 25.1 Å². The summed E-state index contributed by atoms with van der Waals surface area (Å²) in [6.45, 7) is 2.56. The van der Waals surface area contributed by atoms with Crippen LogP contribution in [0.25, 0.3) is 0 Å². The fourth-order valence-electron chi connectivity index (χ4n) is 3.01. The third-order valence-electron chi connectivity index (χ3n) is 4.45. The predicted molar refractivity (Wildman–Crippen MR) is 87.1 cm³/mol. The first kappa shape index (κ1) is 18.4. The number of carboxylic acid groups (broad SMARTS) is 1. The summed E-state index contributed by atoms with van der Waals surface area (Å²) in [6, 6.07) is 6.41. The van der Waals surface area contributed by atoms with Crippen LogP contribution in [0.15, 0.2) is 24.3 Å². The Kier molecular flexibility index (Phi) is 6.73. The summed E-state index contributed by atoms with van der Waals surface area (Å²) in [7, 11) is 0. The van der Waals surface area contributed by atoms with Crippen molar-refractivity contribution in [3.05, 3.63) is 35.6 Å². The number of rotatable bonds is 7. The Labute approximate surface area is 141 Å². The quantitative estimate of drug-likeness (QED) is 0.830. The van der Waals surface area contributed by atoms with E-state index >= 15 is 0 Å². The van der Waals surface area contributed by atoms with E-state index in [0.717, 1.165) is 0 Å². The van der Waals surface area contributed by atoms with Crippen molar-refractivity contribution in [1.82, 2.24) is 4.90 Å². The van der Waals surface area contributed by atoms with Crippen LogP contribution in [0, 0.1) is 11.7 Å². The van der Waals surface area contributed by atoms with Crippen LogP contribution in [0.1, 0.15) is 31.7 Å². The van der Waals surface area contributed by atoms with Crippen LogP contribution >= 0.6 is 0 Å². The van der Waals surface area contributed by atoms with Gasteiger partial charge in [-0.25, -0.2) is 4.39 Å². The summed E-state index contributed by atoms with van der Waals surface area (Å²) in [5, 5.41) is 9.11. The predicted octanol–water partition coefficient (Wildman–Crippen LogP) is 2.49. The van der Waals surface area contributed by atoms with Gasteiger partial charge in [0.05, 0.1) is 0 Å². The van der Waals surface area contributed by atoms with Gasteiger partial charge in [-0.05, 0) is 37.3 Å². The highest BCUT2D eigenvalue weighted by Crippen LogP contribution is 2.20. The number of hydrogen-bond donors (Lipinski definition) is 1. The number of ether oxygens (including phenoxy) is 1. The lowest BCUT2D eigenvalue weighted by molar-refractivity contribution is -0.149. The molecule has 0 bridgehead atoms. The number of aliphatic carboxylic acids is 1. The molecule has 1 aliphatic rings. The molecule has 2 rings (SSSR count). The van der Waals surface area contributed by atoms with Crippen molar-refractivity contribution in [2.75, 3.05) is 19.8 Å². The summed E-state index contributed by atoms with van der Waals surface area (Å²) in [4.78, 5) is 25.3. The highest BCUT2D eigenvalue weighted by Gasteiger charge is 2.30. The highest BCUT2D eigenvalue weighted by atomic mass is 19.1. The molecule has 0 aliphatic carbocycles. The van der Waals surface area contributed by atoms with Gasteiger partial charge in [-0.15, -0.1) is 0 Å². The number of amides is 1. The minimum absolute atomic E-state index is 0.0988. The van der Waals surface area contributed by atoms with Crippen LogP contribution in [0.4, 0.5) is 4.39 Å². The number of benzene rings is 1. The van der Waals surface area contributed by atoms with Crippen molar-refractivity contribution in [3.63, 3.8) is 0 Å². The minimum Gasteiger partial charge on any atom is -0.480 e. The second-order valence-corrected chi connectivity index (χ2v) is 6.23. The molecule has 1 N–H and O–H groups in total. The number of halogens is 1. The number of carbonyl (C=O) groups is 2. The van der Waals surface area contributed by atoms with Crippen molar-refractivity contribution in [2.45, 2.75) is 38.6 Å². The van der Waals surface area contributed by atoms with E-state index in [-0.39, 0.29) is 30.2 Å². The van der Waals surface area contributed by atoms with Crippen LogP contribution in [0.3, 0.4) is 0 Å². The molecule has 1 heterocycles. The fourth-order valence-corrected chi connectivity index (χ4v) is 3.01. The Morgan fingerprint density at radius 3 is 2.62 bits per heavy atom. The molecule has 1 aliphatic heterocycles. The van der Waals surface area contributed by atoms with E-state index in [1.165, 1.54) is 11.0 Å². The summed E-state index contributed by atoms with van der Waals surface area (Å²) in [6.07, 6.45) is 2.24. The molecular formula is C18H24FNO4. The molecular weight excluding hydrogens is 313 g/mol. The second kappa shape index (κ2) is 8.78. The molecule has 0 spiro atoms. The first-order valence-corrected chi connectivity index (χ1v) is 8.32. The average molecular weight is 337 g/mol. The molecule has 1 saturated heterocycles. The Morgan fingerprint density at radius 2 is 2.00 bits per heavy atom. The zero-order valence-electron chi connectivity index (χ0n) is 13.9. The molecule has 24 heavy (non-hydrogen) atoms. The van der Waals surface area contributed by atoms with E-state index in [2.05, 4.69) is 0 Å². The Balaban J connectivity index is 1.99. The third-order valence-corrected chi connectivity index (χ3v) is 4.45. The van der Waals surface area contributed by atoms with Crippen molar-refractivity contribution in [3.8, 4) is 0 Å². The Bertz CT molecular complexity index is 572. The molecule has 5 nitrogen and oxygen atoms in total. The van der Waals surface area contributed by atoms with Crippen LogP contribution in [0.5, 0.6) is 0 Å². The first-order valence-electron chi connectivity index (χ1n) is 8.32. The topological polar surface area (TPSA) is 66.8 Å². The summed E-state index contributed by atoms with van der Waals surface area (Å²) in [5.74, 6) is -1.83. The number of carboxylic acids is 1. The van der Waals surface area contributed by atoms with E-state index in [1.807, 2.05) is 0 Å². The molecule has 132 valence electrons. The van der Waals surface area contributed by atoms with Gasteiger partial charge in [0.15, 0.2) is 0 Å². The van der Waals surface area contributed by atoms with Crippen molar-refractivity contribution in [2.24, 2.45) is 5.92 Å². The van der Waals surface area contributed by atoms with Crippen molar-refractivity contribution < 1.29 is 23.8 Å². The fraction of sp³-hybridized carbons (Fsp3) is 0.556. The van der Waals surface area contributed by atoms with Gasteiger partial charge in [0.25, 0.3) is 0 Å². The molecule has 1 fully saturated rings. The maximum atomic E-state index is 13.7. The lowest BCUT2D eigenvalue weighted by Gasteiger charge is -2.35. The number of hydrogen-bond acceptors (Lipinski definition) is 3. The van der Waals surface area contributed by atoms with E-state index in [0.29, 0.717) is 44.5 Å². The standard InChI is InChI=1S/C18H24FNO4/c1-13(6-7-14-4-2-3-5-16(14)19)18(23)20(12-17(21)22)15-8-10-24-11-9-15/h2-5,13,15H,6-12H2,1H3,(H,21,22)/t13-/m0/s1. The van der Waals surface area contributed by atoms with E-state index in [9.17, 15) is 14.0 Å². The third kappa shape index (κ3) is 5.03. The number of nitrogens with zero attached hydrogens (tertiary/aromatic N) is 1. The van der Waals surface area contributed by atoms with E-state index in [4.69, 9.17) is 9.84 Å². The van der Waals surface area contributed by atoms with Gasteiger partial charge in [-0.2, -0.15) is 0 Å². The Hall–Kier alpha value is -1.95. The monoisotopic (exact) mass is 337 g/mol. The highest BCUT2D eigenvalue weighted by molar-refractivity contribution is 5.83. The van der Waals surface area contributed by atoms with Gasteiger partial charge in [-0.3, -0.25) is 9.59 Å². The summed E-state index contributed by atoms with van der Waals surface area (Å²) >= 11 is 0. The average Bonchev–Trinajstić information content (AvgIpc) is 2.58. The van der Waals surface area contributed by atoms with Gasteiger partial charge in [0.1, 0.15) is 12.4 Å². The molecule has 0 radical (unpaired) electrons. The molecule has 0 saturated carbocycles. The van der Waals surface area contributed by atoms with Crippen LogP contribution in [0.2, 0.25) is 0 Å². The zero-order chi connectivity index (χ0) is 17.5. The van der Waals surface area contributed by atoms with Gasteiger partial charge >= 0.3 is 5.97 Å². The van der Waals surface area contributed by atoms with Gasteiger partial charge in [0.2, 0.25) is 5.91 Å². The molecule has 1 atom stereocenters. The lowest BCUT2D eigenvalue weighted by Crippen LogP contribution is -2.48. The largest absolute Gasteiger partial charge is 0.480 e. The van der Waals surface area contributed by atoms with Crippen molar-refractivity contribution >= 4 is 11.9 Å². The summed E-state index contributed by atoms with van der Waals surface area (Å²) < 4.78 is 19.0. The molecule has 6 heteroatoms. The minimum atomic E-state index is -1.02. The van der Waals surface area contributed by atoms with E-state index < -0.39 is 5.97 Å². The van der Waals surface area contributed by atoms with Gasteiger partial charge in [-0.1, -0.05) is 25.1 Å². The zero-order valence-corrected chi connectivity index (χ0v) is 13.9. The van der Waals surface area contributed by atoms with Gasteiger partial charge < -0.3 is 14.7 Å². The normalized spacial score (nSPS) is 16.6. The summed E-state index contributed by atoms with van der Waals surface area (Å²) in [5.41, 5.74) is 0.577. The number of carbonyl (C=O) groups excluding carboxylic acids is 1. The molecule has 1 amide bonds.